The summed E-state index contributed by atoms with van der Waals surface area (Å²) in [4.78, 5) is 10.2. The van der Waals surface area contributed by atoms with E-state index in [1.165, 1.54) is 12.1 Å². The molecular formula is C14H21N3O4. The van der Waals surface area contributed by atoms with Crippen molar-refractivity contribution in [2.45, 2.75) is 33.6 Å². The van der Waals surface area contributed by atoms with Gasteiger partial charge in [-0.2, -0.15) is 0 Å². The molecule has 1 rings (SSSR count). The van der Waals surface area contributed by atoms with Crippen LogP contribution < -0.4 is 10.5 Å². The summed E-state index contributed by atoms with van der Waals surface area (Å²) in [6.45, 7) is 6.00. The zero-order chi connectivity index (χ0) is 16.0. The molecule has 0 aliphatic rings. The third-order valence-electron chi connectivity index (χ3n) is 3.37. The Bertz CT molecular complexity index is 541. The highest BCUT2D eigenvalue weighted by Crippen LogP contribution is 2.25. The summed E-state index contributed by atoms with van der Waals surface area (Å²) >= 11 is 0. The fourth-order valence-electron chi connectivity index (χ4n) is 1.87. The Labute approximate surface area is 123 Å². The highest BCUT2D eigenvalue weighted by molar-refractivity contribution is 5.85. The Balaban J connectivity index is 2.52. The molecule has 7 nitrogen and oxygen atoms in total. The molecule has 0 fully saturated rings. The molecule has 0 spiro atoms. The molecule has 7 heteroatoms. The second kappa shape index (κ2) is 6.92. The van der Waals surface area contributed by atoms with Crippen molar-refractivity contribution < 1.29 is 14.9 Å². The van der Waals surface area contributed by atoms with Crippen LogP contribution in [0.3, 0.4) is 0 Å². The van der Waals surface area contributed by atoms with Crippen molar-refractivity contribution in [3.05, 3.63) is 33.9 Å². The summed E-state index contributed by atoms with van der Waals surface area (Å²) < 4.78 is 5.61. The highest BCUT2D eigenvalue weighted by Gasteiger charge is 2.23. The molecule has 1 aromatic rings. The number of hydrogen-bond donors (Lipinski definition) is 2. The van der Waals surface area contributed by atoms with Gasteiger partial charge in [0.2, 0.25) is 0 Å². The number of nitrogens with zero attached hydrogens (tertiary/aromatic N) is 2. The smallest absolute Gasteiger partial charge is 0.269 e. The monoisotopic (exact) mass is 295 g/mol. The Kier molecular flexibility index (Phi) is 5.52. The van der Waals surface area contributed by atoms with Crippen LogP contribution in [0.1, 0.15) is 32.3 Å². The molecule has 0 atom stereocenters. The van der Waals surface area contributed by atoms with Gasteiger partial charge in [0.1, 0.15) is 11.6 Å². The first-order chi connectivity index (χ1) is 9.77. The first-order valence-corrected chi connectivity index (χ1v) is 6.64. The van der Waals surface area contributed by atoms with Gasteiger partial charge in [-0.05, 0) is 31.4 Å². The summed E-state index contributed by atoms with van der Waals surface area (Å²) in [6.07, 6.45) is 1.43. The van der Waals surface area contributed by atoms with Gasteiger partial charge < -0.3 is 15.7 Å². The number of oxime groups is 1. The van der Waals surface area contributed by atoms with Crippen molar-refractivity contribution in [1.82, 2.24) is 0 Å². The number of nitro groups is 1. The quantitative estimate of drug-likeness (QED) is 0.201. The van der Waals surface area contributed by atoms with E-state index in [0.29, 0.717) is 18.8 Å². The summed E-state index contributed by atoms with van der Waals surface area (Å²) in [5.41, 5.74) is 5.98. The molecule has 116 valence electrons. The lowest BCUT2D eigenvalue weighted by Gasteiger charge is -2.22. The van der Waals surface area contributed by atoms with Gasteiger partial charge in [0.05, 0.1) is 11.5 Å². The fourth-order valence-corrected chi connectivity index (χ4v) is 1.87. The zero-order valence-corrected chi connectivity index (χ0v) is 12.5. The van der Waals surface area contributed by atoms with E-state index in [2.05, 4.69) is 5.16 Å². The maximum atomic E-state index is 10.6. The zero-order valence-electron chi connectivity index (χ0n) is 12.5. The summed E-state index contributed by atoms with van der Waals surface area (Å²) in [6, 6.07) is 4.50. The molecule has 0 radical (unpaired) electrons. The number of benzene rings is 1. The molecule has 0 aliphatic carbocycles. The molecule has 0 aliphatic heterocycles. The molecule has 0 amide bonds. The number of aryl methyl sites for hydroxylation is 1. The van der Waals surface area contributed by atoms with Gasteiger partial charge in [-0.1, -0.05) is 19.0 Å². The fraction of sp³-hybridized carbons (Fsp3) is 0.500. The van der Waals surface area contributed by atoms with E-state index in [-0.39, 0.29) is 11.5 Å². The first kappa shape index (κ1) is 16.7. The van der Waals surface area contributed by atoms with Crippen LogP contribution in [0.2, 0.25) is 0 Å². The van der Waals surface area contributed by atoms with Gasteiger partial charge in [0.25, 0.3) is 5.69 Å². The van der Waals surface area contributed by atoms with Crippen molar-refractivity contribution >= 4 is 11.5 Å². The van der Waals surface area contributed by atoms with Crippen LogP contribution in [0.25, 0.3) is 0 Å². The van der Waals surface area contributed by atoms with E-state index in [1.54, 1.807) is 13.0 Å². The summed E-state index contributed by atoms with van der Waals surface area (Å²) in [7, 11) is 0. The van der Waals surface area contributed by atoms with Gasteiger partial charge in [-0.3, -0.25) is 10.1 Å². The number of ether oxygens (including phenoxy) is 1. The number of nitro benzene ring substituents is 1. The van der Waals surface area contributed by atoms with Crippen LogP contribution in [-0.4, -0.2) is 22.6 Å². The van der Waals surface area contributed by atoms with Crippen LogP contribution in [0.15, 0.2) is 23.4 Å². The molecule has 0 heterocycles. The molecule has 21 heavy (non-hydrogen) atoms. The minimum absolute atomic E-state index is 0.0490. The van der Waals surface area contributed by atoms with Crippen LogP contribution in [-0.2, 0) is 0 Å². The van der Waals surface area contributed by atoms with E-state index in [0.717, 1.165) is 12.0 Å². The number of amidine groups is 1. The SMILES string of the molecule is Cc1cc([N+](=O)[O-])ccc1OCCCC(C)(C)/C(N)=N/O. The van der Waals surface area contributed by atoms with Crippen molar-refractivity contribution in [3.8, 4) is 5.75 Å². The van der Waals surface area contributed by atoms with Crippen LogP contribution in [0, 0.1) is 22.5 Å². The van der Waals surface area contributed by atoms with Crippen molar-refractivity contribution in [2.75, 3.05) is 6.61 Å². The number of non-ortho nitro benzene ring substituents is 1. The van der Waals surface area contributed by atoms with Gasteiger partial charge >= 0.3 is 0 Å². The second-order valence-electron chi connectivity index (χ2n) is 5.53. The van der Waals surface area contributed by atoms with Crippen LogP contribution in [0.4, 0.5) is 5.69 Å². The molecule has 0 aromatic heterocycles. The maximum Gasteiger partial charge on any atom is 0.269 e. The van der Waals surface area contributed by atoms with E-state index in [1.807, 2.05) is 13.8 Å². The summed E-state index contributed by atoms with van der Waals surface area (Å²) in [5, 5.41) is 22.4. The lowest BCUT2D eigenvalue weighted by molar-refractivity contribution is -0.384. The third-order valence-corrected chi connectivity index (χ3v) is 3.37. The van der Waals surface area contributed by atoms with Gasteiger partial charge in [-0.15, -0.1) is 0 Å². The predicted octanol–water partition coefficient (Wildman–Crippen LogP) is 2.83. The standard InChI is InChI=1S/C14H21N3O4/c1-10-9-11(17(19)20)5-6-12(10)21-8-4-7-14(2,3)13(15)16-18/h5-6,9,18H,4,7-8H2,1-3H3,(H2,15,16). The second-order valence-corrected chi connectivity index (χ2v) is 5.53. The largest absolute Gasteiger partial charge is 0.493 e. The Hall–Kier alpha value is -2.31. The van der Waals surface area contributed by atoms with Gasteiger partial charge in [0, 0.05) is 17.5 Å². The van der Waals surface area contributed by atoms with Crippen LogP contribution >= 0.6 is 0 Å². The molecule has 3 N–H and O–H groups in total. The molecule has 0 bridgehead atoms. The van der Waals surface area contributed by atoms with Gasteiger partial charge in [-0.25, -0.2) is 0 Å². The number of nitrogens with two attached hydrogens (primary N) is 1. The number of rotatable bonds is 7. The number of hydrogen-bond acceptors (Lipinski definition) is 5. The Morgan fingerprint density at radius 1 is 1.52 bits per heavy atom. The van der Waals surface area contributed by atoms with E-state index in [9.17, 15) is 10.1 Å². The molecule has 0 saturated carbocycles. The first-order valence-electron chi connectivity index (χ1n) is 6.64. The van der Waals surface area contributed by atoms with E-state index in [4.69, 9.17) is 15.7 Å². The van der Waals surface area contributed by atoms with Crippen LogP contribution in [0.5, 0.6) is 5.75 Å². The van der Waals surface area contributed by atoms with Gasteiger partial charge in [0.15, 0.2) is 0 Å². The Morgan fingerprint density at radius 3 is 2.71 bits per heavy atom. The average Bonchev–Trinajstić information content (AvgIpc) is 2.43. The minimum Gasteiger partial charge on any atom is -0.493 e. The lowest BCUT2D eigenvalue weighted by Crippen LogP contribution is -2.32. The van der Waals surface area contributed by atoms with Crippen molar-refractivity contribution in [1.29, 1.82) is 0 Å². The van der Waals surface area contributed by atoms with Crippen molar-refractivity contribution in [3.63, 3.8) is 0 Å². The highest BCUT2D eigenvalue weighted by atomic mass is 16.6. The third kappa shape index (κ3) is 4.62. The molecule has 0 unspecified atom stereocenters. The lowest BCUT2D eigenvalue weighted by atomic mass is 9.87. The maximum absolute atomic E-state index is 10.6. The Morgan fingerprint density at radius 2 is 2.19 bits per heavy atom. The summed E-state index contributed by atoms with van der Waals surface area (Å²) in [5.74, 6) is 0.816. The van der Waals surface area contributed by atoms with Crippen molar-refractivity contribution in [2.24, 2.45) is 16.3 Å². The van der Waals surface area contributed by atoms with E-state index >= 15 is 0 Å². The molecule has 1 aromatic carbocycles. The topological polar surface area (TPSA) is 111 Å². The normalized spacial score (nSPS) is 12.2. The van der Waals surface area contributed by atoms with E-state index < -0.39 is 10.3 Å². The minimum atomic E-state index is -0.434. The predicted molar refractivity (Wildman–Crippen MR) is 79.8 cm³/mol. The molecule has 0 saturated heterocycles. The molecular weight excluding hydrogens is 274 g/mol. The average molecular weight is 295 g/mol.